The van der Waals surface area contributed by atoms with Gasteiger partial charge in [0.05, 0.1) is 0 Å². The zero-order valence-electron chi connectivity index (χ0n) is 10.7. The molecule has 1 aromatic rings. The Kier molecular flexibility index (Phi) is 4.26. The van der Waals surface area contributed by atoms with Gasteiger partial charge in [0, 0.05) is 11.1 Å². The lowest BCUT2D eigenvalue weighted by atomic mass is 9.91. The molecule has 0 aliphatic carbocycles. The van der Waals surface area contributed by atoms with Crippen LogP contribution < -0.4 is 10.2 Å². The number of carbonyl (C=O) groups excluding carboxylic acids is 1. The first-order valence-corrected chi connectivity index (χ1v) is 5.47. The van der Waals surface area contributed by atoms with Crippen LogP contribution in [0, 0.1) is 5.41 Å². The van der Waals surface area contributed by atoms with E-state index in [0.29, 0.717) is 5.75 Å². The zero-order valence-corrected chi connectivity index (χ0v) is 10.7. The van der Waals surface area contributed by atoms with E-state index in [1.54, 1.807) is 24.3 Å². The number of ether oxygens (including phenoxy) is 1. The van der Waals surface area contributed by atoms with Crippen LogP contribution in [0.4, 0.5) is 4.79 Å². The Morgan fingerprint density at radius 3 is 2.35 bits per heavy atom. The Balaban J connectivity index is 2.52. The summed E-state index contributed by atoms with van der Waals surface area (Å²) in [5, 5.41) is 3.98. The third kappa shape index (κ3) is 4.68. The van der Waals surface area contributed by atoms with Crippen LogP contribution in [0.25, 0.3) is 0 Å². The molecule has 0 radical (unpaired) electrons. The summed E-state index contributed by atoms with van der Waals surface area (Å²) in [4.78, 5) is 11.4. The first-order valence-electron chi connectivity index (χ1n) is 5.47. The molecule has 0 bridgehead atoms. The number of carbonyl (C=O) groups is 1. The number of nitrogens with one attached hydrogen (secondary N) is 1. The maximum atomic E-state index is 11.4. The van der Waals surface area contributed by atoms with E-state index < -0.39 is 6.09 Å². The lowest BCUT2D eigenvalue weighted by Crippen LogP contribution is -2.26. The molecule has 17 heavy (non-hydrogen) atoms. The first kappa shape index (κ1) is 13.2. The lowest BCUT2D eigenvalue weighted by Gasteiger charge is -2.17. The quantitative estimate of drug-likeness (QED) is 0.631. The fourth-order valence-corrected chi connectivity index (χ4v) is 0.916. The van der Waals surface area contributed by atoms with E-state index in [2.05, 4.69) is 10.5 Å². The second-order valence-corrected chi connectivity index (χ2v) is 4.76. The highest BCUT2D eigenvalue weighted by molar-refractivity contribution is 5.87. The Morgan fingerprint density at radius 2 is 1.82 bits per heavy atom. The van der Waals surface area contributed by atoms with E-state index in [0.717, 1.165) is 5.71 Å². The SMILES string of the molecule is C/C(=N/NC(=O)Oc1ccccc1)C(C)(C)C. The van der Waals surface area contributed by atoms with Crippen LogP contribution >= 0.6 is 0 Å². The van der Waals surface area contributed by atoms with Crippen LogP contribution in [0.1, 0.15) is 27.7 Å². The van der Waals surface area contributed by atoms with Gasteiger partial charge in [-0.3, -0.25) is 0 Å². The van der Waals surface area contributed by atoms with Gasteiger partial charge in [-0.1, -0.05) is 39.0 Å². The molecule has 92 valence electrons. The molecule has 0 saturated heterocycles. The number of hydrazone groups is 1. The Morgan fingerprint density at radius 1 is 1.24 bits per heavy atom. The highest BCUT2D eigenvalue weighted by Crippen LogP contribution is 2.15. The van der Waals surface area contributed by atoms with Crippen LogP contribution in [0.2, 0.25) is 0 Å². The molecule has 1 amide bonds. The van der Waals surface area contributed by atoms with Gasteiger partial charge in [-0.05, 0) is 19.1 Å². The van der Waals surface area contributed by atoms with E-state index in [1.165, 1.54) is 0 Å². The van der Waals surface area contributed by atoms with Crippen LogP contribution in [0.3, 0.4) is 0 Å². The molecule has 0 unspecified atom stereocenters. The molecular formula is C13H18N2O2. The molecular weight excluding hydrogens is 216 g/mol. The van der Waals surface area contributed by atoms with Crippen molar-refractivity contribution in [2.75, 3.05) is 0 Å². The lowest BCUT2D eigenvalue weighted by molar-refractivity contribution is 0.201. The molecule has 0 fully saturated rings. The van der Waals surface area contributed by atoms with Gasteiger partial charge < -0.3 is 4.74 Å². The average molecular weight is 234 g/mol. The minimum atomic E-state index is -0.584. The van der Waals surface area contributed by atoms with Crippen molar-refractivity contribution in [3.05, 3.63) is 30.3 Å². The predicted molar refractivity (Wildman–Crippen MR) is 68.2 cm³/mol. The van der Waals surface area contributed by atoms with Gasteiger partial charge in [-0.2, -0.15) is 5.10 Å². The number of nitrogens with zero attached hydrogens (tertiary/aromatic N) is 1. The topological polar surface area (TPSA) is 50.7 Å². The zero-order chi connectivity index (χ0) is 12.9. The smallest absolute Gasteiger partial charge is 0.409 e. The summed E-state index contributed by atoms with van der Waals surface area (Å²) in [6.45, 7) is 7.94. The summed E-state index contributed by atoms with van der Waals surface area (Å²) in [5.74, 6) is 0.494. The molecule has 0 aliphatic heterocycles. The van der Waals surface area contributed by atoms with Gasteiger partial charge in [0.2, 0.25) is 0 Å². The van der Waals surface area contributed by atoms with E-state index >= 15 is 0 Å². The number of amides is 1. The van der Waals surface area contributed by atoms with Crippen LogP contribution in [-0.4, -0.2) is 11.8 Å². The van der Waals surface area contributed by atoms with E-state index in [9.17, 15) is 4.79 Å². The fraction of sp³-hybridized carbons (Fsp3) is 0.385. The standard InChI is InChI=1S/C13H18N2O2/c1-10(13(2,3)4)14-15-12(16)17-11-8-6-5-7-9-11/h5-9H,1-4H3,(H,15,16)/b14-10-. The molecule has 0 heterocycles. The van der Waals surface area contributed by atoms with Crippen molar-refractivity contribution in [2.45, 2.75) is 27.7 Å². The van der Waals surface area contributed by atoms with Crippen molar-refractivity contribution in [1.82, 2.24) is 5.43 Å². The predicted octanol–water partition coefficient (Wildman–Crippen LogP) is 3.20. The van der Waals surface area contributed by atoms with Crippen molar-refractivity contribution in [3.8, 4) is 5.75 Å². The van der Waals surface area contributed by atoms with Crippen molar-refractivity contribution in [3.63, 3.8) is 0 Å². The molecule has 1 rings (SSSR count). The molecule has 0 aromatic heterocycles. The van der Waals surface area contributed by atoms with Crippen LogP contribution in [0.5, 0.6) is 5.75 Å². The summed E-state index contributed by atoms with van der Waals surface area (Å²) < 4.78 is 5.02. The highest BCUT2D eigenvalue weighted by atomic mass is 16.6. The summed E-state index contributed by atoms with van der Waals surface area (Å²) in [7, 11) is 0. The third-order valence-corrected chi connectivity index (χ3v) is 2.35. The molecule has 1 aromatic carbocycles. The van der Waals surface area contributed by atoms with E-state index in [-0.39, 0.29) is 5.41 Å². The normalized spacial score (nSPS) is 12.1. The number of benzene rings is 1. The molecule has 4 heteroatoms. The fourth-order valence-electron chi connectivity index (χ4n) is 0.916. The summed E-state index contributed by atoms with van der Waals surface area (Å²) in [6, 6.07) is 8.87. The molecule has 4 nitrogen and oxygen atoms in total. The maximum absolute atomic E-state index is 11.4. The summed E-state index contributed by atoms with van der Waals surface area (Å²) >= 11 is 0. The number of hydrogen-bond acceptors (Lipinski definition) is 3. The molecule has 0 atom stereocenters. The second-order valence-electron chi connectivity index (χ2n) is 4.76. The van der Waals surface area contributed by atoms with Gasteiger partial charge in [-0.15, -0.1) is 0 Å². The van der Waals surface area contributed by atoms with Crippen molar-refractivity contribution in [2.24, 2.45) is 10.5 Å². The van der Waals surface area contributed by atoms with Crippen LogP contribution in [0.15, 0.2) is 35.4 Å². The van der Waals surface area contributed by atoms with Gasteiger partial charge in [0.15, 0.2) is 0 Å². The molecule has 0 aliphatic rings. The average Bonchev–Trinajstić information content (AvgIpc) is 2.26. The van der Waals surface area contributed by atoms with Crippen molar-refractivity contribution < 1.29 is 9.53 Å². The van der Waals surface area contributed by atoms with Gasteiger partial charge in [0.25, 0.3) is 0 Å². The van der Waals surface area contributed by atoms with Crippen molar-refractivity contribution in [1.29, 1.82) is 0 Å². The summed E-state index contributed by atoms with van der Waals surface area (Å²) in [5.41, 5.74) is 3.13. The second kappa shape index (κ2) is 5.48. The first-order chi connectivity index (χ1) is 7.89. The van der Waals surface area contributed by atoms with Crippen LogP contribution in [-0.2, 0) is 0 Å². The minimum absolute atomic E-state index is 0.0694. The Labute approximate surface area is 102 Å². The maximum Gasteiger partial charge on any atom is 0.433 e. The number of para-hydroxylation sites is 1. The highest BCUT2D eigenvalue weighted by Gasteiger charge is 2.14. The van der Waals surface area contributed by atoms with Gasteiger partial charge >= 0.3 is 6.09 Å². The van der Waals surface area contributed by atoms with Gasteiger partial charge in [-0.25, -0.2) is 10.2 Å². The van der Waals surface area contributed by atoms with Gasteiger partial charge in [0.1, 0.15) is 5.75 Å². The Hall–Kier alpha value is -1.84. The molecule has 0 spiro atoms. The Bertz CT molecular complexity index is 405. The van der Waals surface area contributed by atoms with E-state index in [4.69, 9.17) is 4.74 Å². The third-order valence-electron chi connectivity index (χ3n) is 2.35. The minimum Gasteiger partial charge on any atom is -0.409 e. The summed E-state index contributed by atoms with van der Waals surface area (Å²) in [6.07, 6.45) is -0.584. The van der Waals surface area contributed by atoms with E-state index in [1.807, 2.05) is 33.8 Å². The largest absolute Gasteiger partial charge is 0.433 e. The molecule has 0 saturated carbocycles. The van der Waals surface area contributed by atoms with Crippen molar-refractivity contribution >= 4 is 11.8 Å². The number of hydrogen-bond donors (Lipinski definition) is 1. The molecule has 1 N–H and O–H groups in total. The monoisotopic (exact) mass is 234 g/mol. The number of rotatable bonds is 2.